The summed E-state index contributed by atoms with van der Waals surface area (Å²) in [4.78, 5) is 5.85. The summed E-state index contributed by atoms with van der Waals surface area (Å²) >= 11 is 7.76. The first kappa shape index (κ1) is 25.2. The van der Waals surface area contributed by atoms with E-state index < -0.39 is 21.5 Å². The molecule has 0 saturated heterocycles. The standard InChI is InChI=1S/C25H19ClF3N5O2S2/c1-14-31-32-22-23(38(35,36)15-7-3-2-4-8-15)30-21(16-9-5-6-10-18(16)26)20-17-11-12-33(25(27,28)29)13-19(17)37-24(20)34(14)22/h2-10,23H,11-13H2,1H3. The second kappa shape index (κ2) is 9.01. The average Bonchev–Trinajstić information content (AvgIpc) is 3.40. The molecule has 0 radical (unpaired) electrons. The molecule has 0 fully saturated rings. The Balaban J connectivity index is 1.65. The van der Waals surface area contributed by atoms with Crippen LogP contribution in [-0.2, 0) is 22.8 Å². The molecule has 2 aromatic carbocycles. The van der Waals surface area contributed by atoms with Gasteiger partial charge < -0.3 is 0 Å². The highest BCUT2D eigenvalue weighted by atomic mass is 35.5. The monoisotopic (exact) mass is 577 g/mol. The van der Waals surface area contributed by atoms with Crippen molar-refractivity contribution in [1.29, 1.82) is 0 Å². The van der Waals surface area contributed by atoms with Crippen LogP contribution in [0.1, 0.15) is 38.6 Å². The van der Waals surface area contributed by atoms with Crippen molar-refractivity contribution in [3.05, 3.63) is 92.8 Å². The number of hydrogen-bond donors (Lipinski definition) is 0. The van der Waals surface area contributed by atoms with E-state index in [1.165, 1.54) is 23.5 Å². The van der Waals surface area contributed by atoms with E-state index in [4.69, 9.17) is 16.6 Å². The number of halogens is 4. The Kier molecular flexibility index (Phi) is 5.98. The maximum Gasteiger partial charge on any atom is 0.460 e. The van der Waals surface area contributed by atoms with E-state index in [1.54, 1.807) is 54.0 Å². The maximum absolute atomic E-state index is 13.9. The highest BCUT2D eigenvalue weighted by Gasteiger charge is 2.43. The summed E-state index contributed by atoms with van der Waals surface area (Å²) in [6, 6.07) is 14.8. The highest BCUT2D eigenvalue weighted by molar-refractivity contribution is 7.91. The molecule has 0 amide bonds. The largest absolute Gasteiger partial charge is 0.460 e. The summed E-state index contributed by atoms with van der Waals surface area (Å²) in [5, 5.41) is 7.77. The molecular formula is C25H19ClF3N5O2S2. The molecule has 0 bridgehead atoms. The summed E-state index contributed by atoms with van der Waals surface area (Å²) < 4.78 is 70.2. The van der Waals surface area contributed by atoms with Gasteiger partial charge in [-0.1, -0.05) is 48.0 Å². The van der Waals surface area contributed by atoms with Crippen molar-refractivity contribution in [2.24, 2.45) is 4.99 Å². The van der Waals surface area contributed by atoms with Crippen LogP contribution in [0, 0.1) is 6.92 Å². The Morgan fingerprint density at radius 1 is 1.05 bits per heavy atom. The van der Waals surface area contributed by atoms with Crippen LogP contribution in [0.4, 0.5) is 13.2 Å². The normalized spacial score (nSPS) is 17.8. The van der Waals surface area contributed by atoms with Gasteiger partial charge in [-0.2, -0.15) is 13.2 Å². The second-order valence-electron chi connectivity index (χ2n) is 8.93. The predicted molar refractivity (Wildman–Crippen MR) is 138 cm³/mol. The molecule has 2 aromatic heterocycles. The molecule has 0 N–H and O–H groups in total. The molecule has 2 aliphatic heterocycles. The molecular weight excluding hydrogens is 559 g/mol. The van der Waals surface area contributed by atoms with Gasteiger partial charge in [0.15, 0.2) is 5.82 Å². The molecule has 0 saturated carbocycles. The first-order valence-corrected chi connectivity index (χ1v) is 14.3. The maximum atomic E-state index is 13.9. The third kappa shape index (κ3) is 3.98. The Bertz CT molecular complexity index is 1700. The van der Waals surface area contributed by atoms with Crippen molar-refractivity contribution in [1.82, 2.24) is 19.7 Å². The third-order valence-electron chi connectivity index (χ3n) is 6.65. The molecule has 4 heterocycles. The molecule has 6 rings (SSSR count). The summed E-state index contributed by atoms with van der Waals surface area (Å²) in [6.45, 7) is 1.14. The van der Waals surface area contributed by atoms with Crippen LogP contribution in [0.3, 0.4) is 0 Å². The van der Waals surface area contributed by atoms with Crippen molar-refractivity contribution >= 4 is 38.5 Å². The number of aliphatic imine (C=N–C) groups is 1. The quantitative estimate of drug-likeness (QED) is 0.301. The fraction of sp³-hybridized carbons (Fsp3) is 0.240. The minimum Gasteiger partial charge on any atom is -0.271 e. The van der Waals surface area contributed by atoms with Gasteiger partial charge in [0, 0.05) is 34.1 Å². The summed E-state index contributed by atoms with van der Waals surface area (Å²) in [5.41, 5.74) is 2.05. The van der Waals surface area contributed by atoms with E-state index in [2.05, 4.69) is 10.2 Å². The average molecular weight is 578 g/mol. The minimum atomic E-state index is -4.47. The van der Waals surface area contributed by atoms with Crippen LogP contribution in [0.5, 0.6) is 0 Å². The van der Waals surface area contributed by atoms with Gasteiger partial charge in [-0.05, 0) is 37.1 Å². The molecule has 0 spiro atoms. The number of rotatable bonds is 3. The van der Waals surface area contributed by atoms with Gasteiger partial charge in [-0.25, -0.2) is 13.3 Å². The van der Waals surface area contributed by atoms with Crippen LogP contribution in [0.2, 0.25) is 5.02 Å². The van der Waals surface area contributed by atoms with E-state index in [1.807, 2.05) is 0 Å². The van der Waals surface area contributed by atoms with Crippen LogP contribution < -0.4 is 0 Å². The van der Waals surface area contributed by atoms with Crippen LogP contribution in [0.25, 0.3) is 5.00 Å². The topological polar surface area (TPSA) is 80.5 Å². The van der Waals surface area contributed by atoms with Crippen molar-refractivity contribution in [3.8, 4) is 5.00 Å². The zero-order valence-corrected chi connectivity index (χ0v) is 22.2. The van der Waals surface area contributed by atoms with Gasteiger partial charge in [-0.3, -0.25) is 9.56 Å². The zero-order valence-electron chi connectivity index (χ0n) is 19.8. The predicted octanol–water partition coefficient (Wildman–Crippen LogP) is 5.49. The first-order valence-electron chi connectivity index (χ1n) is 11.6. The summed E-state index contributed by atoms with van der Waals surface area (Å²) in [7, 11) is -4.09. The van der Waals surface area contributed by atoms with E-state index in [0.717, 1.165) is 0 Å². The van der Waals surface area contributed by atoms with Crippen LogP contribution >= 0.6 is 22.9 Å². The molecule has 2 aliphatic rings. The Hall–Kier alpha value is -3.06. The van der Waals surface area contributed by atoms with Gasteiger partial charge in [0.25, 0.3) is 0 Å². The number of nitrogens with zero attached hydrogens (tertiary/aromatic N) is 5. The lowest BCUT2D eigenvalue weighted by atomic mass is 9.95. The molecule has 1 unspecified atom stereocenters. The Morgan fingerprint density at radius 2 is 1.76 bits per heavy atom. The van der Waals surface area contributed by atoms with Gasteiger partial charge in [0.05, 0.1) is 10.6 Å². The number of fused-ring (bicyclic) bond motifs is 5. The van der Waals surface area contributed by atoms with Gasteiger partial charge in [-0.15, -0.1) is 21.5 Å². The fourth-order valence-electron chi connectivity index (χ4n) is 4.84. The number of aryl methyl sites for hydroxylation is 1. The highest BCUT2D eigenvalue weighted by Crippen LogP contribution is 2.45. The summed E-state index contributed by atoms with van der Waals surface area (Å²) in [5.74, 6) is 0.470. The number of thiophene rings is 1. The zero-order chi connectivity index (χ0) is 26.8. The molecule has 38 heavy (non-hydrogen) atoms. The SMILES string of the molecule is Cc1nnc2n1-c1sc3c(c1C(c1ccccc1Cl)=NC2S(=O)(=O)c1ccccc1)CCN(C(F)(F)F)C3. The lowest BCUT2D eigenvalue weighted by Crippen LogP contribution is -2.41. The van der Waals surface area contributed by atoms with E-state index in [-0.39, 0.29) is 30.2 Å². The number of hydrogen-bond acceptors (Lipinski definition) is 7. The minimum absolute atomic E-state index is 0.0626. The molecule has 196 valence electrons. The lowest BCUT2D eigenvalue weighted by molar-refractivity contribution is -0.250. The Labute approximate surface area is 225 Å². The van der Waals surface area contributed by atoms with Crippen molar-refractivity contribution in [2.45, 2.75) is 36.5 Å². The number of sulfone groups is 1. The van der Waals surface area contributed by atoms with E-state index in [9.17, 15) is 21.6 Å². The van der Waals surface area contributed by atoms with Gasteiger partial charge in [0.2, 0.25) is 15.2 Å². The smallest absolute Gasteiger partial charge is 0.271 e. The molecule has 0 aliphatic carbocycles. The van der Waals surface area contributed by atoms with Crippen molar-refractivity contribution in [2.75, 3.05) is 6.54 Å². The number of benzene rings is 2. The van der Waals surface area contributed by atoms with Gasteiger partial charge in [0.1, 0.15) is 10.8 Å². The van der Waals surface area contributed by atoms with Crippen LogP contribution in [0.15, 0.2) is 64.5 Å². The third-order valence-corrected chi connectivity index (χ3v) is 10.0. The van der Waals surface area contributed by atoms with Crippen molar-refractivity contribution in [3.63, 3.8) is 0 Å². The number of aromatic nitrogens is 3. The van der Waals surface area contributed by atoms with Crippen molar-refractivity contribution < 1.29 is 21.6 Å². The first-order chi connectivity index (χ1) is 18.1. The molecule has 1 atom stereocenters. The Morgan fingerprint density at radius 3 is 2.47 bits per heavy atom. The van der Waals surface area contributed by atoms with Gasteiger partial charge >= 0.3 is 6.30 Å². The fourth-order valence-corrected chi connectivity index (χ4v) is 7.95. The van der Waals surface area contributed by atoms with Crippen LogP contribution in [-0.4, -0.2) is 46.6 Å². The lowest BCUT2D eigenvalue weighted by Gasteiger charge is -2.28. The van der Waals surface area contributed by atoms with E-state index in [0.29, 0.717) is 48.0 Å². The summed E-state index contributed by atoms with van der Waals surface area (Å²) in [6.07, 6.45) is -4.36. The second-order valence-corrected chi connectivity index (χ2v) is 12.4. The molecule has 4 aromatic rings. The molecule has 13 heteroatoms. The molecule has 7 nitrogen and oxygen atoms in total. The van der Waals surface area contributed by atoms with E-state index >= 15 is 0 Å². The number of alkyl halides is 3.